The summed E-state index contributed by atoms with van der Waals surface area (Å²) in [5.74, 6) is 0. The fourth-order valence-corrected chi connectivity index (χ4v) is 3.30. The van der Waals surface area contributed by atoms with E-state index in [4.69, 9.17) is 15.1 Å². The van der Waals surface area contributed by atoms with E-state index in [1.54, 1.807) is 6.08 Å². The number of thioether (sulfide) groups is 1. The predicted molar refractivity (Wildman–Crippen MR) is 83.0 cm³/mol. The zero-order valence-corrected chi connectivity index (χ0v) is 13.6. The van der Waals surface area contributed by atoms with Crippen molar-refractivity contribution in [3.05, 3.63) is 11.5 Å². The van der Waals surface area contributed by atoms with Crippen LogP contribution >= 0.6 is 11.8 Å². The van der Waals surface area contributed by atoms with Gasteiger partial charge >= 0.3 is 0 Å². The number of ether oxygens (including phenoxy) is 1. The largest absolute Gasteiger partial charge is 0.410 e. The highest BCUT2D eigenvalue weighted by Gasteiger charge is 2.44. The average Bonchev–Trinajstić information content (AvgIpc) is 2.50. The number of aliphatic hydroxyl groups is 4. The van der Waals surface area contributed by atoms with Crippen molar-refractivity contribution in [2.75, 3.05) is 12.9 Å². The van der Waals surface area contributed by atoms with Crippen molar-refractivity contribution in [2.45, 2.75) is 42.7 Å². The van der Waals surface area contributed by atoms with Crippen LogP contribution in [0.4, 0.5) is 0 Å². The first-order valence-corrected chi connectivity index (χ1v) is 9.07. The molecule has 1 unspecified atom stereocenters. The van der Waals surface area contributed by atoms with Gasteiger partial charge in [-0.15, -0.1) is 0 Å². The molecular formula is C12H21NO7S2. The van der Waals surface area contributed by atoms with Crippen LogP contribution in [0.25, 0.3) is 0 Å². The Bertz CT molecular complexity index is 430. The first kappa shape index (κ1) is 19.6. The molecular weight excluding hydrogens is 334 g/mol. The molecule has 0 bridgehead atoms. The van der Waals surface area contributed by atoms with E-state index in [1.165, 1.54) is 11.7 Å². The molecule has 22 heavy (non-hydrogen) atoms. The van der Waals surface area contributed by atoms with E-state index in [0.29, 0.717) is 12.8 Å². The Morgan fingerprint density at radius 1 is 1.32 bits per heavy atom. The average molecular weight is 355 g/mol. The lowest BCUT2D eigenvalue weighted by Gasteiger charge is -2.39. The molecule has 0 spiro atoms. The van der Waals surface area contributed by atoms with Gasteiger partial charge in [0.15, 0.2) is 0 Å². The summed E-state index contributed by atoms with van der Waals surface area (Å²) in [6.07, 6.45) is -1.28. The quantitative estimate of drug-likeness (QED) is 0.176. The molecule has 0 aromatic rings. The maximum atomic E-state index is 10.9. The minimum Gasteiger partial charge on any atom is -0.410 e. The molecule has 1 rings (SSSR count). The number of hydrogen-bond donors (Lipinski definition) is 5. The maximum Gasteiger partial charge on any atom is 0.138 e. The van der Waals surface area contributed by atoms with Crippen molar-refractivity contribution in [3.8, 4) is 0 Å². The molecule has 5 N–H and O–H groups in total. The fraction of sp³-hybridized carbons (Fsp3) is 0.750. The van der Waals surface area contributed by atoms with Gasteiger partial charge in [0.1, 0.15) is 34.9 Å². The topological polar surface area (TPSA) is 140 Å². The summed E-state index contributed by atoms with van der Waals surface area (Å²) in [5, 5.41) is 52.2. The lowest BCUT2D eigenvalue weighted by molar-refractivity contribution is -0.205. The molecule has 8 nitrogen and oxygen atoms in total. The number of nitrogens with zero attached hydrogens (tertiary/aromatic N) is 1. The van der Waals surface area contributed by atoms with Crippen molar-refractivity contribution >= 4 is 27.6 Å². The molecule has 6 atom stereocenters. The zero-order valence-electron chi connectivity index (χ0n) is 12.0. The van der Waals surface area contributed by atoms with Gasteiger partial charge in [-0.3, -0.25) is 4.21 Å². The zero-order chi connectivity index (χ0) is 16.7. The Kier molecular flexibility index (Phi) is 8.54. The molecule has 1 aliphatic rings. The summed E-state index contributed by atoms with van der Waals surface area (Å²) >= 11 is 0.893. The van der Waals surface area contributed by atoms with Crippen LogP contribution in [0.2, 0.25) is 0 Å². The smallest absolute Gasteiger partial charge is 0.138 e. The van der Waals surface area contributed by atoms with Gasteiger partial charge in [0.25, 0.3) is 0 Å². The highest BCUT2D eigenvalue weighted by atomic mass is 32.2. The molecule has 10 heteroatoms. The van der Waals surface area contributed by atoms with Crippen molar-refractivity contribution in [1.82, 2.24) is 0 Å². The fourth-order valence-electron chi connectivity index (χ4n) is 1.84. The summed E-state index contributed by atoms with van der Waals surface area (Å²) in [6.45, 7) is -0.515. The van der Waals surface area contributed by atoms with Gasteiger partial charge < -0.3 is 30.4 Å². The van der Waals surface area contributed by atoms with Gasteiger partial charge in [-0.05, 0) is 11.8 Å². The molecule has 128 valence electrons. The monoisotopic (exact) mass is 355 g/mol. The summed E-state index contributed by atoms with van der Waals surface area (Å²) in [5.41, 5.74) is -0.981. The summed E-state index contributed by atoms with van der Waals surface area (Å²) in [4.78, 5) is 0. The van der Waals surface area contributed by atoms with E-state index in [0.717, 1.165) is 11.8 Å². The van der Waals surface area contributed by atoms with Crippen LogP contribution in [-0.2, 0) is 15.5 Å². The van der Waals surface area contributed by atoms with E-state index in [-0.39, 0.29) is 5.04 Å². The van der Waals surface area contributed by atoms with E-state index < -0.39 is 47.3 Å². The van der Waals surface area contributed by atoms with E-state index in [2.05, 4.69) is 5.16 Å². The molecule has 1 heterocycles. The minimum atomic E-state index is -1.47. The predicted octanol–water partition coefficient (Wildman–Crippen LogP) is -1.02. The van der Waals surface area contributed by atoms with Crippen molar-refractivity contribution in [3.63, 3.8) is 0 Å². The standard InChI is InChI=1S/C12H21NO7S2/c1-22(19)5-3-2-4-8(13-18)21-12-11(17)10(16)9(15)7(6-14)20-12/h3,5,7,9-12,14-18H,2,4,6H2,1H3/b5-3+,13-8+/t7-,9-,10+,11-,12+,22?/m1/s1. The molecule has 0 aliphatic carbocycles. The lowest BCUT2D eigenvalue weighted by Crippen LogP contribution is -2.57. The number of rotatable bonds is 6. The van der Waals surface area contributed by atoms with Gasteiger partial charge in [0.05, 0.1) is 6.61 Å². The number of aliphatic hydroxyl groups excluding tert-OH is 4. The van der Waals surface area contributed by atoms with E-state index in [9.17, 15) is 19.5 Å². The normalized spacial score (nSPS) is 35.0. The van der Waals surface area contributed by atoms with Crippen molar-refractivity contribution in [1.29, 1.82) is 0 Å². The summed E-state index contributed by atoms with van der Waals surface area (Å²) in [7, 11) is -1.05. The molecule has 0 saturated carbocycles. The lowest BCUT2D eigenvalue weighted by atomic mass is 10.0. The third-order valence-electron chi connectivity index (χ3n) is 3.02. The molecule has 0 aromatic heterocycles. The second kappa shape index (κ2) is 9.60. The molecule has 1 fully saturated rings. The Morgan fingerprint density at radius 3 is 2.55 bits per heavy atom. The first-order chi connectivity index (χ1) is 10.4. The molecule has 0 radical (unpaired) electrons. The second-order valence-electron chi connectivity index (χ2n) is 4.72. The van der Waals surface area contributed by atoms with Crippen LogP contribution in [0.1, 0.15) is 12.8 Å². The van der Waals surface area contributed by atoms with Crippen LogP contribution in [0.15, 0.2) is 16.6 Å². The van der Waals surface area contributed by atoms with Crippen LogP contribution < -0.4 is 0 Å². The van der Waals surface area contributed by atoms with Crippen LogP contribution in [0.5, 0.6) is 0 Å². The third-order valence-corrected chi connectivity index (χ3v) is 4.78. The summed E-state index contributed by atoms with van der Waals surface area (Å²) < 4.78 is 16.2. The maximum absolute atomic E-state index is 10.9. The third kappa shape index (κ3) is 5.61. The minimum absolute atomic E-state index is 0.246. The molecule has 1 saturated heterocycles. The Hall–Kier alpha value is -0.490. The molecule has 1 aliphatic heterocycles. The Morgan fingerprint density at radius 2 is 2.00 bits per heavy atom. The van der Waals surface area contributed by atoms with Gasteiger partial charge in [0.2, 0.25) is 0 Å². The first-order valence-electron chi connectivity index (χ1n) is 6.57. The van der Waals surface area contributed by atoms with Gasteiger partial charge in [-0.2, -0.15) is 0 Å². The number of oxime groups is 1. The van der Waals surface area contributed by atoms with Crippen LogP contribution in [0, 0.1) is 0 Å². The Labute approximate surface area is 134 Å². The SMILES string of the molecule is CS(=O)/C=C/CC/C(=N\O)S[C@@H]1O[C@H](CO)[C@@H](O)[C@H](O)[C@H]1O. The van der Waals surface area contributed by atoms with Gasteiger partial charge in [-0.25, -0.2) is 0 Å². The van der Waals surface area contributed by atoms with Crippen LogP contribution in [0.3, 0.4) is 0 Å². The van der Waals surface area contributed by atoms with E-state index in [1.807, 2.05) is 0 Å². The highest BCUT2D eigenvalue weighted by Crippen LogP contribution is 2.30. The number of allylic oxidation sites excluding steroid dienone is 1. The summed E-state index contributed by atoms with van der Waals surface area (Å²) in [6, 6.07) is 0. The van der Waals surface area contributed by atoms with Crippen LogP contribution in [-0.4, -0.2) is 77.6 Å². The van der Waals surface area contributed by atoms with Crippen molar-refractivity contribution < 1.29 is 34.6 Å². The van der Waals surface area contributed by atoms with E-state index >= 15 is 0 Å². The Balaban J connectivity index is 2.60. The van der Waals surface area contributed by atoms with Gasteiger partial charge in [0, 0.05) is 23.5 Å². The van der Waals surface area contributed by atoms with Crippen molar-refractivity contribution in [2.24, 2.45) is 5.16 Å². The number of hydrogen-bond acceptors (Lipinski definition) is 9. The second-order valence-corrected chi connectivity index (χ2v) is 7.16. The van der Waals surface area contributed by atoms with Gasteiger partial charge in [-0.1, -0.05) is 23.0 Å². The highest BCUT2D eigenvalue weighted by molar-refractivity contribution is 8.14. The molecule has 0 aromatic carbocycles. The molecule has 0 amide bonds.